The lowest BCUT2D eigenvalue weighted by Gasteiger charge is -2.30. The smallest absolute Gasteiger partial charge is 0.0505 e. The van der Waals surface area contributed by atoms with Crippen LogP contribution in [-0.2, 0) is 0 Å². The highest BCUT2D eigenvalue weighted by molar-refractivity contribution is 4.81. The maximum atomic E-state index is 3.64. The van der Waals surface area contributed by atoms with Crippen molar-refractivity contribution in [2.24, 2.45) is 5.41 Å². The van der Waals surface area contributed by atoms with Crippen molar-refractivity contribution in [3.63, 3.8) is 0 Å². The Bertz CT molecular complexity index is 283. The van der Waals surface area contributed by atoms with Crippen LogP contribution in [0.25, 0.3) is 0 Å². The van der Waals surface area contributed by atoms with Crippen molar-refractivity contribution >= 4 is 0 Å². The van der Waals surface area contributed by atoms with Crippen molar-refractivity contribution in [2.45, 2.75) is 33.1 Å². The topological polar surface area (TPSA) is 75.4 Å². The summed E-state index contributed by atoms with van der Waals surface area (Å²) in [6.45, 7) is 15.8. The molecule has 1 rings (SSSR count). The van der Waals surface area contributed by atoms with Crippen LogP contribution in [0.5, 0.6) is 0 Å². The second-order valence-electron chi connectivity index (χ2n) is 7.55. The van der Waals surface area contributed by atoms with Gasteiger partial charge in [0, 0.05) is 25.0 Å². The molecule has 1 aliphatic heterocycles. The average molecular weight is 358 g/mol. The fourth-order valence-corrected chi connectivity index (χ4v) is 3.13. The highest BCUT2D eigenvalue weighted by Crippen LogP contribution is 2.12. The van der Waals surface area contributed by atoms with Gasteiger partial charge in [-0.2, -0.15) is 0 Å². The fraction of sp³-hybridized carbons (Fsp3) is 1.00. The van der Waals surface area contributed by atoms with Gasteiger partial charge in [-0.15, -0.1) is 0 Å². The summed E-state index contributed by atoms with van der Waals surface area (Å²) in [5, 5.41) is 21.3. The number of rotatable bonds is 6. The third-order valence-electron chi connectivity index (χ3n) is 4.55. The Morgan fingerprint density at radius 3 is 2.00 bits per heavy atom. The SMILES string of the molecule is CCCNCN1CNCCCNCC(C)(CNC)CNCCCNC1. The van der Waals surface area contributed by atoms with Crippen LogP contribution in [0.15, 0.2) is 0 Å². The van der Waals surface area contributed by atoms with Gasteiger partial charge in [0.05, 0.1) is 20.0 Å². The molecule has 0 aliphatic carbocycles. The number of nitrogens with one attached hydrogen (secondary N) is 6. The number of nitrogens with zero attached hydrogens (tertiary/aromatic N) is 1. The first-order valence-corrected chi connectivity index (χ1v) is 10.1. The molecule has 0 amide bonds. The highest BCUT2D eigenvalue weighted by Gasteiger charge is 2.22. The van der Waals surface area contributed by atoms with Crippen molar-refractivity contribution < 1.29 is 0 Å². The lowest BCUT2D eigenvalue weighted by Crippen LogP contribution is -2.48. The molecular weight excluding hydrogens is 314 g/mol. The zero-order valence-corrected chi connectivity index (χ0v) is 16.8. The zero-order chi connectivity index (χ0) is 18.2. The van der Waals surface area contributed by atoms with Crippen LogP contribution in [0.3, 0.4) is 0 Å². The minimum atomic E-state index is 0.258. The summed E-state index contributed by atoms with van der Waals surface area (Å²) < 4.78 is 0. The van der Waals surface area contributed by atoms with Crippen LogP contribution in [0, 0.1) is 5.41 Å². The largest absolute Gasteiger partial charge is 0.319 e. The molecule has 0 aromatic rings. The van der Waals surface area contributed by atoms with Crippen LogP contribution in [0.4, 0.5) is 0 Å². The second kappa shape index (κ2) is 14.8. The molecule has 0 aromatic heterocycles. The molecule has 150 valence electrons. The molecule has 0 unspecified atom stereocenters. The van der Waals surface area contributed by atoms with Crippen molar-refractivity contribution in [2.75, 3.05) is 79.4 Å². The van der Waals surface area contributed by atoms with Crippen molar-refractivity contribution in [3.05, 3.63) is 0 Å². The standard InChI is InChI=1S/C18H43N7/c1-4-7-22-15-25-16-23-10-5-8-20-13-18(2,12-19-3)14-21-9-6-11-24-17-25/h19-24H,4-17H2,1-3H3. The van der Waals surface area contributed by atoms with E-state index in [0.29, 0.717) is 0 Å². The summed E-state index contributed by atoms with van der Waals surface area (Å²) in [6, 6.07) is 0. The zero-order valence-electron chi connectivity index (χ0n) is 16.8. The van der Waals surface area contributed by atoms with Crippen LogP contribution >= 0.6 is 0 Å². The number of hydrogen-bond donors (Lipinski definition) is 6. The van der Waals surface area contributed by atoms with Gasteiger partial charge in [0.25, 0.3) is 0 Å². The van der Waals surface area contributed by atoms with Crippen LogP contribution < -0.4 is 31.9 Å². The monoisotopic (exact) mass is 357 g/mol. The molecule has 7 heteroatoms. The predicted molar refractivity (Wildman–Crippen MR) is 108 cm³/mol. The number of hydrogen-bond acceptors (Lipinski definition) is 7. The summed E-state index contributed by atoms with van der Waals surface area (Å²) in [6.07, 6.45) is 3.50. The Kier molecular flexibility index (Phi) is 13.5. The van der Waals surface area contributed by atoms with Gasteiger partial charge in [0.1, 0.15) is 0 Å². The molecule has 1 heterocycles. The predicted octanol–water partition coefficient (Wildman–Crippen LogP) is -0.462. The lowest BCUT2D eigenvalue weighted by molar-refractivity contribution is 0.215. The van der Waals surface area contributed by atoms with E-state index in [9.17, 15) is 0 Å². The van der Waals surface area contributed by atoms with Gasteiger partial charge in [0.15, 0.2) is 0 Å². The summed E-state index contributed by atoms with van der Waals surface area (Å²) >= 11 is 0. The van der Waals surface area contributed by atoms with Crippen LogP contribution in [0.1, 0.15) is 33.1 Å². The quantitative estimate of drug-likeness (QED) is 0.359. The fourth-order valence-electron chi connectivity index (χ4n) is 3.13. The van der Waals surface area contributed by atoms with E-state index >= 15 is 0 Å². The van der Waals surface area contributed by atoms with Crippen molar-refractivity contribution in [1.82, 2.24) is 36.8 Å². The van der Waals surface area contributed by atoms with Crippen molar-refractivity contribution in [3.8, 4) is 0 Å². The van der Waals surface area contributed by atoms with Crippen molar-refractivity contribution in [1.29, 1.82) is 0 Å². The first-order valence-electron chi connectivity index (χ1n) is 10.1. The molecule has 0 saturated carbocycles. The molecule has 25 heavy (non-hydrogen) atoms. The minimum Gasteiger partial charge on any atom is -0.319 e. The van der Waals surface area contributed by atoms with Gasteiger partial charge in [-0.3, -0.25) is 4.90 Å². The van der Waals surface area contributed by atoms with E-state index in [4.69, 9.17) is 0 Å². The lowest BCUT2D eigenvalue weighted by atomic mass is 9.90. The summed E-state index contributed by atoms with van der Waals surface area (Å²) in [5.41, 5.74) is 0.258. The Morgan fingerprint density at radius 2 is 1.48 bits per heavy atom. The summed E-state index contributed by atoms with van der Waals surface area (Å²) in [4.78, 5) is 2.40. The van der Waals surface area contributed by atoms with E-state index in [1.54, 1.807) is 0 Å². The molecular formula is C18H43N7. The van der Waals surface area contributed by atoms with Gasteiger partial charge in [-0.25, -0.2) is 0 Å². The van der Waals surface area contributed by atoms with Gasteiger partial charge in [-0.05, 0) is 59.0 Å². The molecule has 6 N–H and O–H groups in total. The van der Waals surface area contributed by atoms with E-state index < -0.39 is 0 Å². The Balaban J connectivity index is 2.37. The Labute approximate surface area is 155 Å². The van der Waals surface area contributed by atoms with Gasteiger partial charge >= 0.3 is 0 Å². The molecule has 1 saturated heterocycles. The Hall–Kier alpha value is -0.280. The van der Waals surface area contributed by atoms with Gasteiger partial charge in [-0.1, -0.05) is 13.8 Å². The normalized spacial score (nSPS) is 22.7. The van der Waals surface area contributed by atoms with E-state index in [1.165, 1.54) is 6.42 Å². The average Bonchev–Trinajstić information content (AvgIpc) is 2.59. The summed E-state index contributed by atoms with van der Waals surface area (Å²) in [7, 11) is 2.04. The molecule has 7 nitrogen and oxygen atoms in total. The molecule has 0 radical (unpaired) electrons. The molecule has 0 spiro atoms. The van der Waals surface area contributed by atoms with Crippen LogP contribution in [-0.4, -0.2) is 84.3 Å². The first-order chi connectivity index (χ1) is 12.2. The Morgan fingerprint density at radius 1 is 0.920 bits per heavy atom. The van der Waals surface area contributed by atoms with Crippen LogP contribution in [0.2, 0.25) is 0 Å². The summed E-state index contributed by atoms with van der Waals surface area (Å²) in [5.74, 6) is 0. The molecule has 1 aliphatic rings. The minimum absolute atomic E-state index is 0.258. The van der Waals surface area contributed by atoms with E-state index in [2.05, 4.69) is 50.6 Å². The van der Waals surface area contributed by atoms with Gasteiger partial charge in [0.2, 0.25) is 0 Å². The van der Waals surface area contributed by atoms with E-state index in [-0.39, 0.29) is 5.41 Å². The highest BCUT2D eigenvalue weighted by atomic mass is 15.3. The maximum absolute atomic E-state index is 3.64. The van der Waals surface area contributed by atoms with Gasteiger partial charge < -0.3 is 31.9 Å². The molecule has 1 fully saturated rings. The molecule has 0 aromatic carbocycles. The first kappa shape index (κ1) is 22.8. The third kappa shape index (κ3) is 11.9. The second-order valence-corrected chi connectivity index (χ2v) is 7.55. The molecule has 0 bridgehead atoms. The third-order valence-corrected chi connectivity index (χ3v) is 4.55. The van der Waals surface area contributed by atoms with E-state index in [1.807, 2.05) is 7.05 Å². The van der Waals surface area contributed by atoms with E-state index in [0.717, 1.165) is 85.2 Å². The molecule has 0 atom stereocenters. The maximum Gasteiger partial charge on any atom is 0.0505 e.